The molecule has 1 heterocycles. The average molecular weight is 548 g/mol. The molecule has 3 aromatic carbocycles. The van der Waals surface area contributed by atoms with E-state index in [4.69, 9.17) is 4.74 Å². The molecule has 0 aromatic heterocycles. The van der Waals surface area contributed by atoms with Gasteiger partial charge in [0, 0.05) is 37.8 Å². The van der Waals surface area contributed by atoms with Gasteiger partial charge in [0.1, 0.15) is 6.61 Å². The van der Waals surface area contributed by atoms with Crippen molar-refractivity contribution < 1.29 is 83.8 Å². The number of rotatable bonds is 5. The third-order valence-corrected chi connectivity index (χ3v) is 7.23. The second-order valence-electron chi connectivity index (χ2n) is 9.37. The van der Waals surface area contributed by atoms with E-state index in [0.717, 1.165) is 22.3 Å². The monoisotopic (exact) mass is 548 g/mol. The van der Waals surface area contributed by atoms with Crippen LogP contribution >= 0.6 is 0 Å². The number of carbonyl (C=O) groups excluding carboxylic acids is 1. The molecule has 0 atom stereocenters. The number of hydrogen-bond donors (Lipinski definition) is 1. The fourth-order valence-electron chi connectivity index (χ4n) is 5.33. The Morgan fingerprint density at radius 2 is 1.50 bits per heavy atom. The van der Waals surface area contributed by atoms with Crippen molar-refractivity contribution in [3.05, 3.63) is 82.9 Å². The summed E-state index contributed by atoms with van der Waals surface area (Å²) >= 11 is 0. The van der Waals surface area contributed by atoms with Gasteiger partial charge < -0.3 is 32.6 Å². The number of carboxylic acid groups (broad SMARTS) is 1. The summed E-state index contributed by atoms with van der Waals surface area (Å²) in [5.41, 5.74) is 3.38. The Morgan fingerprint density at radius 3 is 2.03 bits per heavy atom. The number of fused-ring (bicyclic) bond motifs is 3. The third kappa shape index (κ3) is 5.53. The Balaban J connectivity index is 0.00000336. The van der Waals surface area contributed by atoms with Crippen LogP contribution in [0.25, 0.3) is 11.1 Å². The number of benzene rings is 3. The maximum Gasteiger partial charge on any atom is 1.00 e. The van der Waals surface area contributed by atoms with Crippen LogP contribution < -0.4 is 61.7 Å². The minimum absolute atomic E-state index is 0. The van der Waals surface area contributed by atoms with Crippen molar-refractivity contribution in [1.82, 2.24) is 4.90 Å². The van der Waals surface area contributed by atoms with Gasteiger partial charge in [-0.05, 0) is 35.2 Å². The third-order valence-electron chi connectivity index (χ3n) is 7.23. The van der Waals surface area contributed by atoms with Crippen LogP contribution in [0.5, 0.6) is 0 Å². The maximum absolute atomic E-state index is 13.6. The molecule has 1 aliphatic carbocycles. The second-order valence-corrected chi connectivity index (χ2v) is 9.37. The van der Waals surface area contributed by atoms with Crippen LogP contribution in [0.3, 0.4) is 0 Å². The summed E-state index contributed by atoms with van der Waals surface area (Å²) in [6.45, 7) is -2.81. The van der Waals surface area contributed by atoms with E-state index < -0.39 is 30.1 Å². The molecule has 2 aliphatic rings. The summed E-state index contributed by atoms with van der Waals surface area (Å²) in [5.74, 6) is -1.48. The van der Waals surface area contributed by atoms with E-state index in [0.29, 0.717) is 6.07 Å². The minimum atomic E-state index is -5.37. The molecule has 0 saturated carbocycles. The van der Waals surface area contributed by atoms with Crippen LogP contribution in [-0.2, 0) is 4.74 Å². The van der Waals surface area contributed by atoms with Crippen LogP contribution in [0.15, 0.2) is 60.7 Å². The maximum atomic E-state index is 13.6. The zero-order valence-corrected chi connectivity index (χ0v) is 24.3. The number of piperazine rings is 1. The van der Waals surface area contributed by atoms with Gasteiger partial charge in [-0.2, -0.15) is 0 Å². The van der Waals surface area contributed by atoms with Crippen LogP contribution in [0.2, 0.25) is 0 Å². The predicted octanol–water partition coefficient (Wildman–Crippen LogP) is 1.82. The van der Waals surface area contributed by atoms with E-state index in [1.165, 1.54) is 17.9 Å². The smallest absolute Gasteiger partial charge is 0.478 e. The van der Waals surface area contributed by atoms with Gasteiger partial charge in [0.15, 0.2) is 0 Å². The number of nitrogens with zero attached hydrogens (tertiary/aromatic N) is 2. The van der Waals surface area contributed by atoms with Crippen molar-refractivity contribution in [3.63, 3.8) is 0 Å². The molecule has 5 rings (SSSR count). The molecule has 1 fully saturated rings. The molecule has 0 unspecified atom stereocenters. The Hall–Kier alpha value is -2.31. The van der Waals surface area contributed by atoms with Crippen molar-refractivity contribution >= 4 is 30.2 Å². The first kappa shape index (κ1) is 28.7. The summed E-state index contributed by atoms with van der Waals surface area (Å²) in [7, 11) is 0. The van der Waals surface area contributed by atoms with Crippen molar-refractivity contribution in [2.24, 2.45) is 0 Å². The molecule has 6 nitrogen and oxygen atoms in total. The number of hydrogen-bond acceptors (Lipinski definition) is 4. The number of aromatic carboxylic acids is 1. The number of anilines is 1. The SMILES string of the molecule is Cc1c(N2CCN(C(=O)OCC3c4ccccc4-c4ccccc43)CC2)cc(C(=O)O)cc1[B-](F)(F)F.[K+]. The molecule has 192 valence electrons. The Labute approximate surface area is 261 Å². The quantitative estimate of drug-likeness (QED) is 0.493. The number of halogens is 3. The Morgan fingerprint density at radius 1 is 0.947 bits per heavy atom. The van der Waals surface area contributed by atoms with Crippen molar-refractivity contribution in [3.8, 4) is 11.1 Å². The molecule has 0 bridgehead atoms. The van der Waals surface area contributed by atoms with E-state index in [-0.39, 0.29) is 101 Å². The number of amides is 1. The summed E-state index contributed by atoms with van der Waals surface area (Å²) < 4.78 is 46.5. The molecule has 0 radical (unpaired) electrons. The molecule has 0 spiro atoms. The molecule has 11 heteroatoms. The molecular weight excluding hydrogens is 523 g/mol. The van der Waals surface area contributed by atoms with Gasteiger partial charge >= 0.3 is 70.4 Å². The minimum Gasteiger partial charge on any atom is -0.478 e. The van der Waals surface area contributed by atoms with Gasteiger partial charge in [0.05, 0.1) is 5.56 Å². The summed E-state index contributed by atoms with van der Waals surface area (Å²) in [6.07, 6.45) is -0.475. The topological polar surface area (TPSA) is 70.1 Å². The first-order valence-electron chi connectivity index (χ1n) is 12.1. The Kier molecular flexibility index (Phi) is 8.63. The molecule has 1 N–H and O–H groups in total. The standard InChI is InChI=1S/C27H25BF3N2O4.K/c1-17-24(28(29,30)31)14-18(26(34)35)15-25(17)32-10-12-33(13-11-32)27(36)37-16-23-21-8-4-2-6-19(21)20-7-3-5-9-22(20)23;/h2-9,14-15,23H,10-13,16H2,1H3,(H,34,35);/q-1;+1. The summed E-state index contributed by atoms with van der Waals surface area (Å²) in [5, 5.41) is 9.33. The van der Waals surface area contributed by atoms with Gasteiger partial charge in [0.2, 0.25) is 0 Å². The van der Waals surface area contributed by atoms with E-state index in [1.54, 1.807) is 4.90 Å². The molecule has 1 amide bonds. The summed E-state index contributed by atoms with van der Waals surface area (Å²) in [4.78, 5) is 27.6. The van der Waals surface area contributed by atoms with Crippen molar-refractivity contribution in [2.45, 2.75) is 12.8 Å². The van der Waals surface area contributed by atoms with Gasteiger partial charge in [-0.1, -0.05) is 60.2 Å². The largest absolute Gasteiger partial charge is 1.00 e. The van der Waals surface area contributed by atoms with Crippen LogP contribution in [0, 0.1) is 6.92 Å². The predicted molar refractivity (Wildman–Crippen MR) is 136 cm³/mol. The molecule has 3 aromatic rings. The molecular formula is C27H25BF3KN2O4. The summed E-state index contributed by atoms with van der Waals surface area (Å²) in [6, 6.07) is 18.0. The normalized spacial score (nSPS) is 14.9. The first-order chi connectivity index (χ1) is 17.6. The van der Waals surface area contributed by atoms with Crippen molar-refractivity contribution in [2.75, 3.05) is 37.7 Å². The first-order valence-corrected chi connectivity index (χ1v) is 12.1. The number of carbonyl (C=O) groups is 2. The molecule has 1 aliphatic heterocycles. The Bertz CT molecular complexity index is 1330. The fourth-order valence-corrected chi connectivity index (χ4v) is 5.33. The zero-order valence-electron chi connectivity index (χ0n) is 21.2. The van der Waals surface area contributed by atoms with E-state index >= 15 is 0 Å². The van der Waals surface area contributed by atoms with Gasteiger partial charge in [-0.3, -0.25) is 0 Å². The van der Waals surface area contributed by atoms with Crippen LogP contribution in [0.1, 0.15) is 33.0 Å². The van der Waals surface area contributed by atoms with Crippen LogP contribution in [0.4, 0.5) is 23.4 Å². The van der Waals surface area contributed by atoms with Crippen LogP contribution in [-0.4, -0.2) is 61.8 Å². The van der Waals surface area contributed by atoms with E-state index in [9.17, 15) is 27.6 Å². The fraction of sp³-hybridized carbons (Fsp3) is 0.259. The molecule has 1 saturated heterocycles. The average Bonchev–Trinajstić information content (AvgIpc) is 3.20. The zero-order chi connectivity index (χ0) is 26.3. The van der Waals surface area contributed by atoms with Crippen molar-refractivity contribution in [1.29, 1.82) is 0 Å². The van der Waals surface area contributed by atoms with Gasteiger partial charge in [-0.25, -0.2) is 9.59 Å². The van der Waals surface area contributed by atoms with E-state index in [2.05, 4.69) is 12.1 Å². The second kappa shape index (κ2) is 11.4. The number of ether oxygens (including phenoxy) is 1. The number of carboxylic acids is 1. The van der Waals surface area contributed by atoms with E-state index in [1.807, 2.05) is 36.4 Å². The van der Waals surface area contributed by atoms with Gasteiger partial charge in [0.25, 0.3) is 0 Å². The van der Waals surface area contributed by atoms with Gasteiger partial charge in [-0.15, -0.1) is 5.46 Å². The molecule has 38 heavy (non-hydrogen) atoms.